The van der Waals surface area contributed by atoms with Crippen LogP contribution in [0, 0.1) is 0 Å². The maximum atomic E-state index is 13.4. The number of methoxy groups -OCH3 is 2. The average molecular weight is 472 g/mol. The van der Waals surface area contributed by atoms with Crippen molar-refractivity contribution in [2.24, 2.45) is 0 Å². The number of carbonyl (C=O) groups excluding carboxylic acids is 1. The third kappa shape index (κ3) is 3.34. The summed E-state index contributed by atoms with van der Waals surface area (Å²) in [6, 6.07) is 0.721. The van der Waals surface area contributed by atoms with E-state index in [0.717, 1.165) is 0 Å². The van der Waals surface area contributed by atoms with Gasteiger partial charge in [0.2, 0.25) is 11.7 Å². The molecule has 3 atom stereocenters. The van der Waals surface area contributed by atoms with Crippen molar-refractivity contribution in [2.75, 3.05) is 19.5 Å². The van der Waals surface area contributed by atoms with E-state index in [2.05, 4.69) is 15.3 Å². The van der Waals surface area contributed by atoms with Crippen molar-refractivity contribution in [2.45, 2.75) is 42.2 Å². The molecule has 1 aromatic carbocycles. The highest BCUT2D eigenvalue weighted by atomic mass is 32.2. The Morgan fingerprint density at radius 3 is 2.41 bits per heavy atom. The van der Waals surface area contributed by atoms with Gasteiger partial charge in [0, 0.05) is 16.2 Å². The number of benzene rings is 1. The summed E-state index contributed by atoms with van der Waals surface area (Å²) in [5.74, 6) is -2.83. The highest BCUT2D eigenvalue weighted by Gasteiger charge is 2.64. The standard InChI is InChI=1S/C19H19F3N4O5S/c1-18(2)12(16(28)29)26-14(27)11(15(26)32-18)24-13-7-5-9(30-3)10(31-4)6-8(7)23-17(25-13)19(20,21)22/h5-6,11-12,15H,1-4H3,(H,28,29)(H,23,24,25). The van der Waals surface area contributed by atoms with E-state index in [9.17, 15) is 27.9 Å². The number of halogens is 3. The van der Waals surface area contributed by atoms with Crippen LogP contribution < -0.4 is 14.8 Å². The third-order valence-electron chi connectivity index (χ3n) is 5.42. The lowest BCUT2D eigenvalue weighted by Gasteiger charge is -2.43. The molecule has 2 aliphatic heterocycles. The van der Waals surface area contributed by atoms with Gasteiger partial charge in [0.25, 0.3) is 0 Å². The molecule has 4 rings (SSSR count). The summed E-state index contributed by atoms with van der Waals surface area (Å²) in [6.45, 7) is 3.41. The normalized spacial score (nSPS) is 24.2. The molecule has 0 aliphatic carbocycles. The van der Waals surface area contributed by atoms with Crippen LogP contribution in [0.15, 0.2) is 12.1 Å². The molecule has 9 nitrogen and oxygen atoms in total. The summed E-state index contributed by atoms with van der Waals surface area (Å²) in [5, 5.41) is 12.0. The van der Waals surface area contributed by atoms with E-state index in [4.69, 9.17) is 9.47 Å². The summed E-state index contributed by atoms with van der Waals surface area (Å²) in [7, 11) is 2.71. The second-order valence-corrected chi connectivity index (χ2v) is 9.61. The molecular formula is C19H19F3N4O5S. The van der Waals surface area contributed by atoms with Gasteiger partial charge in [-0.05, 0) is 19.9 Å². The highest BCUT2D eigenvalue weighted by molar-refractivity contribution is 8.01. The van der Waals surface area contributed by atoms with E-state index in [1.807, 2.05) is 0 Å². The maximum Gasteiger partial charge on any atom is 0.451 e. The maximum absolute atomic E-state index is 13.4. The number of fused-ring (bicyclic) bond motifs is 2. The van der Waals surface area contributed by atoms with Crippen LogP contribution in [0.2, 0.25) is 0 Å². The van der Waals surface area contributed by atoms with Crippen LogP contribution in [-0.2, 0) is 15.8 Å². The zero-order valence-corrected chi connectivity index (χ0v) is 18.2. The van der Waals surface area contributed by atoms with Gasteiger partial charge < -0.3 is 24.8 Å². The van der Waals surface area contributed by atoms with Gasteiger partial charge in [-0.3, -0.25) is 4.79 Å². The van der Waals surface area contributed by atoms with Gasteiger partial charge in [-0.15, -0.1) is 11.8 Å². The van der Waals surface area contributed by atoms with Gasteiger partial charge >= 0.3 is 12.1 Å². The number of carboxylic acid groups (broad SMARTS) is 1. The van der Waals surface area contributed by atoms with Crippen molar-refractivity contribution in [3.8, 4) is 11.5 Å². The molecule has 3 unspecified atom stereocenters. The predicted molar refractivity (Wildman–Crippen MR) is 109 cm³/mol. The topological polar surface area (TPSA) is 114 Å². The Morgan fingerprint density at radius 2 is 1.84 bits per heavy atom. The SMILES string of the molecule is COc1cc2nc(C(F)(F)F)nc(NC3C(=O)N4C3SC(C)(C)C4C(=O)O)c2cc1OC. The molecule has 0 bridgehead atoms. The zero-order valence-electron chi connectivity index (χ0n) is 17.4. The molecule has 3 heterocycles. The number of rotatable bonds is 5. The first kappa shape index (κ1) is 22.2. The van der Waals surface area contributed by atoms with Crippen molar-refractivity contribution in [3.05, 3.63) is 18.0 Å². The van der Waals surface area contributed by atoms with Crippen LogP contribution in [0.4, 0.5) is 19.0 Å². The van der Waals surface area contributed by atoms with Gasteiger partial charge in [-0.2, -0.15) is 13.2 Å². The number of anilines is 1. The van der Waals surface area contributed by atoms with Gasteiger partial charge in [-0.25, -0.2) is 14.8 Å². The fourth-order valence-corrected chi connectivity index (χ4v) is 5.61. The molecule has 0 saturated carbocycles. The van der Waals surface area contributed by atoms with Crippen LogP contribution in [0.1, 0.15) is 19.7 Å². The lowest BCUT2D eigenvalue weighted by molar-refractivity contribution is -0.158. The Labute approximate surface area is 184 Å². The van der Waals surface area contributed by atoms with Crippen molar-refractivity contribution < 1.29 is 37.3 Å². The Bertz CT molecular complexity index is 1130. The van der Waals surface area contributed by atoms with Gasteiger partial charge in [-0.1, -0.05) is 0 Å². The number of nitrogens with one attached hydrogen (secondary N) is 1. The molecule has 2 aromatic rings. The number of hydrogen-bond acceptors (Lipinski definition) is 8. The van der Waals surface area contributed by atoms with E-state index in [0.29, 0.717) is 0 Å². The second kappa shape index (κ2) is 7.29. The summed E-state index contributed by atoms with van der Waals surface area (Å²) in [4.78, 5) is 32.9. The first-order chi connectivity index (χ1) is 14.9. The number of hydrogen-bond donors (Lipinski definition) is 2. The molecule has 2 aliphatic rings. The Morgan fingerprint density at radius 1 is 1.22 bits per heavy atom. The highest BCUT2D eigenvalue weighted by Crippen LogP contribution is 2.51. The van der Waals surface area contributed by atoms with Crippen molar-refractivity contribution >= 4 is 40.4 Å². The van der Waals surface area contributed by atoms with Crippen LogP contribution in [0.5, 0.6) is 11.5 Å². The number of alkyl halides is 3. The van der Waals surface area contributed by atoms with Gasteiger partial charge in [0.05, 0.1) is 19.7 Å². The zero-order chi connectivity index (χ0) is 23.6. The lowest BCUT2D eigenvalue weighted by atomic mass is 9.96. The molecule has 2 saturated heterocycles. The molecule has 32 heavy (non-hydrogen) atoms. The Hall–Kier alpha value is -2.96. The number of carboxylic acids is 1. The number of amides is 1. The smallest absolute Gasteiger partial charge is 0.451 e. The summed E-state index contributed by atoms with van der Waals surface area (Å²) in [6.07, 6.45) is -4.83. The molecule has 172 valence electrons. The van der Waals surface area contributed by atoms with Crippen molar-refractivity contribution in [1.29, 1.82) is 0 Å². The lowest BCUT2D eigenvalue weighted by Crippen LogP contribution is -2.68. The van der Waals surface area contributed by atoms with E-state index in [1.165, 1.54) is 43.0 Å². The minimum Gasteiger partial charge on any atom is -0.493 e. The number of β-lactam (4-membered cyclic amide) rings is 1. The predicted octanol–water partition coefficient (Wildman–Crippen LogP) is 2.59. The minimum absolute atomic E-state index is 0.0566. The first-order valence-electron chi connectivity index (χ1n) is 9.39. The number of carbonyl (C=O) groups is 2. The van der Waals surface area contributed by atoms with E-state index in [1.54, 1.807) is 13.8 Å². The summed E-state index contributed by atoms with van der Waals surface area (Å²) in [5.41, 5.74) is -0.0566. The molecular weight excluding hydrogens is 453 g/mol. The Kier molecular flexibility index (Phi) is 5.07. The largest absolute Gasteiger partial charge is 0.493 e. The quantitative estimate of drug-likeness (QED) is 0.634. The van der Waals surface area contributed by atoms with Crippen LogP contribution in [0.3, 0.4) is 0 Å². The average Bonchev–Trinajstić information content (AvgIpc) is 2.97. The second-order valence-electron chi connectivity index (χ2n) is 7.84. The molecule has 13 heteroatoms. The van der Waals surface area contributed by atoms with E-state index < -0.39 is 46.1 Å². The molecule has 2 N–H and O–H groups in total. The third-order valence-corrected chi connectivity index (χ3v) is 6.99. The summed E-state index contributed by atoms with van der Waals surface area (Å²) < 4.78 is 49.9. The molecule has 0 radical (unpaired) electrons. The van der Waals surface area contributed by atoms with Crippen LogP contribution >= 0.6 is 11.8 Å². The van der Waals surface area contributed by atoms with E-state index >= 15 is 0 Å². The number of ether oxygens (including phenoxy) is 2. The molecule has 1 aromatic heterocycles. The number of aromatic nitrogens is 2. The number of nitrogens with zero attached hydrogens (tertiary/aromatic N) is 3. The molecule has 0 spiro atoms. The minimum atomic E-state index is -4.83. The van der Waals surface area contributed by atoms with Crippen LogP contribution in [0.25, 0.3) is 10.9 Å². The monoisotopic (exact) mass is 472 g/mol. The summed E-state index contributed by atoms with van der Waals surface area (Å²) >= 11 is 1.27. The van der Waals surface area contributed by atoms with Gasteiger partial charge in [0.1, 0.15) is 23.3 Å². The van der Waals surface area contributed by atoms with Crippen molar-refractivity contribution in [3.63, 3.8) is 0 Å². The van der Waals surface area contributed by atoms with E-state index in [-0.39, 0.29) is 28.2 Å². The fraction of sp³-hybridized carbons (Fsp3) is 0.474. The Balaban J connectivity index is 1.77. The number of thioether (sulfide) groups is 1. The van der Waals surface area contributed by atoms with Crippen molar-refractivity contribution in [1.82, 2.24) is 14.9 Å². The van der Waals surface area contributed by atoms with Crippen LogP contribution in [-0.4, -0.2) is 68.3 Å². The fourth-order valence-electron chi connectivity index (χ4n) is 3.99. The first-order valence-corrected chi connectivity index (χ1v) is 10.3. The van der Waals surface area contributed by atoms with Gasteiger partial charge in [0.15, 0.2) is 11.5 Å². The molecule has 2 fully saturated rings. The number of aliphatic carboxylic acids is 1. The molecule has 1 amide bonds.